The van der Waals surface area contributed by atoms with Crippen molar-refractivity contribution >= 4 is 0 Å². The highest BCUT2D eigenvalue weighted by molar-refractivity contribution is 5.32. The lowest BCUT2D eigenvalue weighted by atomic mass is 9.70. The fourth-order valence-electron chi connectivity index (χ4n) is 3.07. The summed E-state index contributed by atoms with van der Waals surface area (Å²) in [6.07, 6.45) is 4.50. The fraction of sp³-hybridized carbons (Fsp3) is 0.647. The van der Waals surface area contributed by atoms with Gasteiger partial charge in [0.15, 0.2) is 0 Å². The molecule has 2 rings (SSSR count). The second kappa shape index (κ2) is 5.05. The number of aliphatic hydroxyl groups is 1. The molecule has 18 heavy (non-hydrogen) atoms. The van der Waals surface area contributed by atoms with Gasteiger partial charge < -0.3 is 5.11 Å². The maximum absolute atomic E-state index is 10.6. The van der Waals surface area contributed by atoms with Crippen LogP contribution in [-0.4, -0.2) is 5.11 Å². The third-order valence-electron chi connectivity index (χ3n) is 4.58. The van der Waals surface area contributed by atoms with Crippen molar-refractivity contribution in [3.8, 4) is 0 Å². The first-order valence-corrected chi connectivity index (χ1v) is 7.14. The molecule has 1 N–H and O–H groups in total. The standard InChI is InChI=1S/C17H26O/c1-12-5-6-13(2)15(11-12)16(18)14-7-9-17(3,4)10-8-14/h5-6,11,14,16,18H,7-10H2,1-4H3. The quantitative estimate of drug-likeness (QED) is 0.811. The number of aryl methyl sites for hydroxylation is 2. The highest BCUT2D eigenvalue weighted by Gasteiger charge is 2.31. The Morgan fingerprint density at radius 3 is 2.39 bits per heavy atom. The van der Waals surface area contributed by atoms with Crippen LogP contribution in [0.1, 0.15) is 62.3 Å². The van der Waals surface area contributed by atoms with E-state index in [1.54, 1.807) is 0 Å². The third-order valence-corrected chi connectivity index (χ3v) is 4.58. The van der Waals surface area contributed by atoms with Gasteiger partial charge in [0.1, 0.15) is 0 Å². The predicted molar refractivity (Wildman–Crippen MR) is 76.6 cm³/mol. The van der Waals surface area contributed by atoms with Crippen molar-refractivity contribution in [2.24, 2.45) is 11.3 Å². The minimum atomic E-state index is -0.277. The Kier molecular flexibility index (Phi) is 3.82. The molecule has 1 atom stereocenters. The largest absolute Gasteiger partial charge is 0.388 e. The molecule has 1 aromatic rings. The molecule has 0 aliphatic heterocycles. The summed E-state index contributed by atoms with van der Waals surface area (Å²) in [7, 11) is 0. The van der Waals surface area contributed by atoms with Crippen LogP contribution in [0.15, 0.2) is 18.2 Å². The van der Waals surface area contributed by atoms with E-state index in [2.05, 4.69) is 45.9 Å². The molecule has 0 spiro atoms. The molecule has 0 amide bonds. The minimum absolute atomic E-state index is 0.277. The van der Waals surface area contributed by atoms with E-state index in [-0.39, 0.29) is 6.10 Å². The monoisotopic (exact) mass is 246 g/mol. The van der Waals surface area contributed by atoms with Gasteiger partial charge in [-0.15, -0.1) is 0 Å². The molecule has 0 heterocycles. The first kappa shape index (κ1) is 13.6. The van der Waals surface area contributed by atoms with E-state index in [0.29, 0.717) is 11.3 Å². The molecule has 1 aliphatic rings. The lowest BCUT2D eigenvalue weighted by Crippen LogP contribution is -2.25. The Bertz CT molecular complexity index is 410. The predicted octanol–water partition coefficient (Wildman–Crippen LogP) is 4.55. The Balaban J connectivity index is 2.12. The van der Waals surface area contributed by atoms with Crippen molar-refractivity contribution in [1.29, 1.82) is 0 Å². The number of benzene rings is 1. The Hall–Kier alpha value is -0.820. The molecule has 1 fully saturated rings. The molecular formula is C17H26O. The lowest BCUT2D eigenvalue weighted by Gasteiger charge is -2.36. The van der Waals surface area contributed by atoms with Crippen LogP contribution in [0, 0.1) is 25.2 Å². The van der Waals surface area contributed by atoms with Gasteiger partial charge in [-0.2, -0.15) is 0 Å². The third kappa shape index (κ3) is 2.95. The van der Waals surface area contributed by atoms with Gasteiger partial charge in [0.25, 0.3) is 0 Å². The van der Waals surface area contributed by atoms with Gasteiger partial charge in [-0.1, -0.05) is 37.6 Å². The van der Waals surface area contributed by atoms with Gasteiger partial charge in [0, 0.05) is 0 Å². The molecule has 1 heteroatoms. The zero-order valence-electron chi connectivity index (χ0n) is 12.2. The SMILES string of the molecule is Cc1ccc(C)c(C(O)C2CCC(C)(C)CC2)c1. The summed E-state index contributed by atoms with van der Waals surface area (Å²) >= 11 is 0. The van der Waals surface area contributed by atoms with Gasteiger partial charge in [0.2, 0.25) is 0 Å². The van der Waals surface area contributed by atoms with Gasteiger partial charge in [-0.3, -0.25) is 0 Å². The summed E-state index contributed by atoms with van der Waals surface area (Å²) in [6.45, 7) is 8.88. The zero-order valence-corrected chi connectivity index (χ0v) is 12.2. The van der Waals surface area contributed by atoms with E-state index >= 15 is 0 Å². The topological polar surface area (TPSA) is 20.2 Å². The first-order chi connectivity index (χ1) is 8.39. The molecule has 1 saturated carbocycles. The molecule has 0 saturated heterocycles. The van der Waals surface area contributed by atoms with Crippen molar-refractivity contribution in [2.75, 3.05) is 0 Å². The molecule has 0 bridgehead atoms. The highest BCUT2D eigenvalue weighted by atomic mass is 16.3. The first-order valence-electron chi connectivity index (χ1n) is 7.14. The molecular weight excluding hydrogens is 220 g/mol. The maximum Gasteiger partial charge on any atom is 0.0820 e. The van der Waals surface area contributed by atoms with E-state index in [1.165, 1.54) is 24.0 Å². The van der Waals surface area contributed by atoms with Crippen LogP contribution >= 0.6 is 0 Å². The average molecular weight is 246 g/mol. The van der Waals surface area contributed by atoms with E-state index < -0.39 is 0 Å². The molecule has 0 radical (unpaired) electrons. The molecule has 1 aromatic carbocycles. The van der Waals surface area contributed by atoms with E-state index in [1.807, 2.05) is 0 Å². The van der Waals surface area contributed by atoms with Crippen LogP contribution in [0.2, 0.25) is 0 Å². The van der Waals surface area contributed by atoms with Crippen molar-refractivity contribution < 1.29 is 5.11 Å². The van der Waals surface area contributed by atoms with Crippen molar-refractivity contribution in [2.45, 2.75) is 59.5 Å². The van der Waals surface area contributed by atoms with Gasteiger partial charge in [0.05, 0.1) is 6.10 Å². The van der Waals surface area contributed by atoms with Crippen molar-refractivity contribution in [1.82, 2.24) is 0 Å². The summed E-state index contributed by atoms with van der Waals surface area (Å²) in [5.74, 6) is 0.443. The van der Waals surface area contributed by atoms with Crippen LogP contribution in [0.25, 0.3) is 0 Å². The molecule has 1 aliphatic carbocycles. The van der Waals surface area contributed by atoms with E-state index in [9.17, 15) is 5.11 Å². The van der Waals surface area contributed by atoms with E-state index in [0.717, 1.165) is 18.4 Å². The Morgan fingerprint density at radius 2 is 1.78 bits per heavy atom. The van der Waals surface area contributed by atoms with Gasteiger partial charge in [-0.05, 0) is 62.0 Å². The maximum atomic E-state index is 10.6. The second-order valence-electron chi connectivity index (χ2n) is 6.81. The van der Waals surface area contributed by atoms with Crippen molar-refractivity contribution in [3.05, 3.63) is 34.9 Å². The summed E-state index contributed by atoms with van der Waals surface area (Å²) < 4.78 is 0. The summed E-state index contributed by atoms with van der Waals surface area (Å²) in [5.41, 5.74) is 4.07. The Labute approximate surface area is 111 Å². The number of aliphatic hydroxyl groups excluding tert-OH is 1. The summed E-state index contributed by atoms with van der Waals surface area (Å²) in [4.78, 5) is 0. The van der Waals surface area contributed by atoms with Crippen LogP contribution in [0.5, 0.6) is 0 Å². The number of rotatable bonds is 2. The second-order valence-corrected chi connectivity index (χ2v) is 6.81. The normalized spacial score (nSPS) is 21.8. The summed E-state index contributed by atoms with van der Waals surface area (Å²) in [6, 6.07) is 6.40. The van der Waals surface area contributed by atoms with Crippen LogP contribution in [0.3, 0.4) is 0 Å². The smallest absolute Gasteiger partial charge is 0.0820 e. The van der Waals surface area contributed by atoms with Crippen molar-refractivity contribution in [3.63, 3.8) is 0 Å². The number of hydrogen-bond acceptors (Lipinski definition) is 1. The van der Waals surface area contributed by atoms with E-state index in [4.69, 9.17) is 0 Å². The van der Waals surface area contributed by atoms with Gasteiger partial charge in [-0.25, -0.2) is 0 Å². The molecule has 0 aromatic heterocycles. The fourth-order valence-corrected chi connectivity index (χ4v) is 3.07. The Morgan fingerprint density at radius 1 is 1.17 bits per heavy atom. The zero-order chi connectivity index (χ0) is 13.3. The lowest BCUT2D eigenvalue weighted by molar-refractivity contribution is 0.0563. The highest BCUT2D eigenvalue weighted by Crippen LogP contribution is 2.43. The molecule has 1 unspecified atom stereocenters. The molecule has 1 nitrogen and oxygen atoms in total. The average Bonchev–Trinajstić information content (AvgIpc) is 2.31. The van der Waals surface area contributed by atoms with Gasteiger partial charge >= 0.3 is 0 Å². The number of hydrogen-bond donors (Lipinski definition) is 1. The van der Waals surface area contributed by atoms with Crippen LogP contribution in [-0.2, 0) is 0 Å². The van der Waals surface area contributed by atoms with Crippen LogP contribution < -0.4 is 0 Å². The minimum Gasteiger partial charge on any atom is -0.388 e. The summed E-state index contributed by atoms with van der Waals surface area (Å²) in [5, 5.41) is 10.6. The van der Waals surface area contributed by atoms with Crippen LogP contribution in [0.4, 0.5) is 0 Å². The molecule has 100 valence electrons.